The maximum atomic E-state index is 12.0. The molecule has 1 aliphatic rings. The largest absolute Gasteiger partial charge is 0.493 e. The molecular formula is C15H17N3O7. The lowest BCUT2D eigenvalue weighted by Crippen LogP contribution is -2.45. The highest BCUT2D eigenvalue weighted by molar-refractivity contribution is 5.93. The molecule has 25 heavy (non-hydrogen) atoms. The molecule has 0 unspecified atom stereocenters. The van der Waals surface area contributed by atoms with Gasteiger partial charge in [0.2, 0.25) is 0 Å². The number of methoxy groups -OCH3 is 1. The second-order valence-corrected chi connectivity index (χ2v) is 4.87. The first-order chi connectivity index (χ1) is 12.0. The molecule has 1 aromatic carbocycles. The van der Waals surface area contributed by atoms with E-state index in [4.69, 9.17) is 14.2 Å². The number of non-ortho nitro benzene ring substituents is 1. The van der Waals surface area contributed by atoms with Crippen molar-refractivity contribution in [3.8, 4) is 11.5 Å². The van der Waals surface area contributed by atoms with Gasteiger partial charge in [-0.05, 0) is 13.0 Å². The van der Waals surface area contributed by atoms with E-state index >= 15 is 0 Å². The summed E-state index contributed by atoms with van der Waals surface area (Å²) in [6, 6.07) is 3.39. The first kappa shape index (κ1) is 18.0. The Morgan fingerprint density at radius 3 is 2.76 bits per heavy atom. The van der Waals surface area contributed by atoms with Crippen LogP contribution in [0.2, 0.25) is 0 Å². The molecule has 1 aliphatic heterocycles. The predicted octanol–water partition coefficient (Wildman–Crippen LogP) is 1.11. The number of esters is 1. The lowest BCUT2D eigenvalue weighted by molar-refractivity contribution is -0.385. The monoisotopic (exact) mass is 351 g/mol. The molecule has 0 saturated heterocycles. The van der Waals surface area contributed by atoms with E-state index in [0.717, 1.165) is 0 Å². The Labute approximate surface area is 142 Å². The number of hydrogen-bond donors (Lipinski definition) is 2. The fraction of sp³-hybridized carbons (Fsp3) is 0.333. The summed E-state index contributed by atoms with van der Waals surface area (Å²) in [5, 5.41) is 15.8. The number of carbonyl (C=O) groups is 2. The third-order valence-corrected chi connectivity index (χ3v) is 3.31. The van der Waals surface area contributed by atoms with Gasteiger partial charge in [0, 0.05) is 6.07 Å². The van der Waals surface area contributed by atoms with Crippen LogP contribution in [-0.2, 0) is 9.53 Å². The number of nitrogens with one attached hydrogen (secondary N) is 2. The standard InChI is InChI=1S/C15H17N3O7/c1-3-24-14(19)10-7-16-15(20)17-11(10)8-25-13-6-9(18(21)22)4-5-12(13)23-2/h4-6H,3,7-8H2,1-2H3,(H2,16,17,20). The number of nitrogens with zero attached hydrogens (tertiary/aromatic N) is 1. The summed E-state index contributed by atoms with van der Waals surface area (Å²) in [7, 11) is 1.39. The molecule has 2 rings (SSSR count). The molecule has 0 saturated carbocycles. The molecular weight excluding hydrogens is 334 g/mol. The Morgan fingerprint density at radius 2 is 2.12 bits per heavy atom. The quantitative estimate of drug-likeness (QED) is 0.428. The maximum absolute atomic E-state index is 12.0. The van der Waals surface area contributed by atoms with Crippen LogP contribution in [0.1, 0.15) is 6.92 Å². The Balaban J connectivity index is 2.25. The van der Waals surface area contributed by atoms with E-state index in [-0.39, 0.29) is 48.2 Å². The molecule has 10 heteroatoms. The van der Waals surface area contributed by atoms with E-state index in [1.807, 2.05) is 0 Å². The van der Waals surface area contributed by atoms with Crippen molar-refractivity contribution in [3.05, 3.63) is 39.6 Å². The first-order valence-corrected chi connectivity index (χ1v) is 7.35. The summed E-state index contributed by atoms with van der Waals surface area (Å²) in [6.45, 7) is 1.65. The van der Waals surface area contributed by atoms with Crippen LogP contribution in [0.4, 0.5) is 10.5 Å². The van der Waals surface area contributed by atoms with Crippen LogP contribution < -0.4 is 20.1 Å². The molecule has 10 nitrogen and oxygen atoms in total. The van der Waals surface area contributed by atoms with Crippen LogP contribution in [0.5, 0.6) is 11.5 Å². The molecule has 0 radical (unpaired) electrons. The zero-order chi connectivity index (χ0) is 18.4. The summed E-state index contributed by atoms with van der Waals surface area (Å²) in [4.78, 5) is 33.8. The number of nitro benzene ring substituents is 1. The fourth-order valence-corrected chi connectivity index (χ4v) is 2.11. The minimum absolute atomic E-state index is 0.00453. The average molecular weight is 351 g/mol. The Kier molecular flexibility index (Phi) is 5.77. The highest BCUT2D eigenvalue weighted by Gasteiger charge is 2.24. The van der Waals surface area contributed by atoms with Crippen LogP contribution >= 0.6 is 0 Å². The van der Waals surface area contributed by atoms with Gasteiger partial charge in [-0.15, -0.1) is 0 Å². The maximum Gasteiger partial charge on any atom is 0.337 e. The smallest absolute Gasteiger partial charge is 0.337 e. The molecule has 0 aromatic heterocycles. The molecule has 1 aromatic rings. The SMILES string of the molecule is CCOC(=O)C1=C(COc2cc([N+](=O)[O-])ccc2OC)NC(=O)NC1. The zero-order valence-electron chi connectivity index (χ0n) is 13.7. The Morgan fingerprint density at radius 1 is 1.36 bits per heavy atom. The molecule has 134 valence electrons. The normalized spacial score (nSPS) is 13.6. The van der Waals surface area contributed by atoms with Crippen molar-refractivity contribution < 1.29 is 28.7 Å². The lowest BCUT2D eigenvalue weighted by Gasteiger charge is -2.21. The summed E-state index contributed by atoms with van der Waals surface area (Å²) < 4.78 is 15.6. The number of rotatable bonds is 7. The number of urea groups is 1. The zero-order valence-corrected chi connectivity index (χ0v) is 13.7. The Hall–Kier alpha value is -3.30. The van der Waals surface area contributed by atoms with Gasteiger partial charge in [0.05, 0.1) is 42.5 Å². The second-order valence-electron chi connectivity index (χ2n) is 4.87. The van der Waals surface area contributed by atoms with Crippen molar-refractivity contribution in [2.75, 3.05) is 26.9 Å². The van der Waals surface area contributed by atoms with E-state index in [1.54, 1.807) is 6.92 Å². The van der Waals surface area contributed by atoms with E-state index < -0.39 is 16.9 Å². The number of amides is 2. The highest BCUT2D eigenvalue weighted by Crippen LogP contribution is 2.31. The molecule has 1 heterocycles. The fourth-order valence-electron chi connectivity index (χ4n) is 2.11. The van der Waals surface area contributed by atoms with E-state index in [1.165, 1.54) is 25.3 Å². The molecule has 2 amide bonds. The topological polar surface area (TPSA) is 129 Å². The van der Waals surface area contributed by atoms with Gasteiger partial charge in [0.25, 0.3) is 5.69 Å². The lowest BCUT2D eigenvalue weighted by atomic mass is 10.1. The number of hydrogen-bond acceptors (Lipinski definition) is 7. The van der Waals surface area contributed by atoms with Crippen LogP contribution in [0.15, 0.2) is 29.5 Å². The molecule has 0 aliphatic carbocycles. The molecule has 2 N–H and O–H groups in total. The Bertz CT molecular complexity index is 730. The summed E-state index contributed by atoms with van der Waals surface area (Å²) in [5.74, 6) is -0.191. The van der Waals surface area contributed by atoms with Crippen molar-refractivity contribution >= 4 is 17.7 Å². The predicted molar refractivity (Wildman–Crippen MR) is 85.3 cm³/mol. The van der Waals surface area contributed by atoms with Crippen molar-refractivity contribution in [1.82, 2.24) is 10.6 Å². The average Bonchev–Trinajstić information content (AvgIpc) is 2.59. The van der Waals surface area contributed by atoms with E-state index in [2.05, 4.69) is 10.6 Å². The molecule has 0 spiro atoms. The summed E-state index contributed by atoms with van der Waals surface area (Å²) >= 11 is 0. The van der Waals surface area contributed by atoms with Gasteiger partial charge in [-0.3, -0.25) is 10.1 Å². The van der Waals surface area contributed by atoms with Gasteiger partial charge >= 0.3 is 12.0 Å². The minimum Gasteiger partial charge on any atom is -0.493 e. The van der Waals surface area contributed by atoms with Gasteiger partial charge in [0.1, 0.15) is 6.61 Å². The van der Waals surface area contributed by atoms with Gasteiger partial charge < -0.3 is 24.8 Å². The van der Waals surface area contributed by atoms with Crippen LogP contribution in [-0.4, -0.2) is 43.8 Å². The number of ether oxygens (including phenoxy) is 3. The minimum atomic E-state index is -0.584. The number of benzene rings is 1. The summed E-state index contributed by atoms with van der Waals surface area (Å²) in [6.07, 6.45) is 0. The van der Waals surface area contributed by atoms with Crippen LogP contribution in [0.3, 0.4) is 0 Å². The third kappa shape index (κ3) is 4.37. The number of nitro groups is 1. The third-order valence-electron chi connectivity index (χ3n) is 3.31. The van der Waals surface area contributed by atoms with Gasteiger partial charge in [-0.2, -0.15) is 0 Å². The van der Waals surface area contributed by atoms with Gasteiger partial charge in [0.15, 0.2) is 11.5 Å². The highest BCUT2D eigenvalue weighted by atomic mass is 16.6. The van der Waals surface area contributed by atoms with Crippen molar-refractivity contribution in [3.63, 3.8) is 0 Å². The van der Waals surface area contributed by atoms with Crippen molar-refractivity contribution in [2.24, 2.45) is 0 Å². The number of carbonyl (C=O) groups excluding carboxylic acids is 2. The first-order valence-electron chi connectivity index (χ1n) is 7.35. The van der Waals surface area contributed by atoms with Crippen LogP contribution in [0.25, 0.3) is 0 Å². The molecule has 0 fully saturated rings. The molecule has 0 atom stereocenters. The summed E-state index contributed by atoms with van der Waals surface area (Å²) in [5.41, 5.74) is 0.256. The van der Waals surface area contributed by atoms with E-state index in [9.17, 15) is 19.7 Å². The van der Waals surface area contributed by atoms with Gasteiger partial charge in [-0.1, -0.05) is 0 Å². The van der Waals surface area contributed by atoms with Crippen molar-refractivity contribution in [1.29, 1.82) is 0 Å². The second kappa shape index (κ2) is 7.99. The van der Waals surface area contributed by atoms with Gasteiger partial charge in [-0.25, -0.2) is 9.59 Å². The van der Waals surface area contributed by atoms with E-state index in [0.29, 0.717) is 0 Å². The van der Waals surface area contributed by atoms with Crippen molar-refractivity contribution in [2.45, 2.75) is 6.92 Å². The molecule has 0 bridgehead atoms. The van der Waals surface area contributed by atoms with Crippen LogP contribution in [0, 0.1) is 10.1 Å².